The number of aromatic nitrogens is 2. The third-order valence-corrected chi connectivity index (χ3v) is 6.37. The normalized spacial score (nSPS) is 11.7. The topological polar surface area (TPSA) is 67.3 Å². The van der Waals surface area contributed by atoms with Gasteiger partial charge >= 0.3 is 0 Å². The van der Waals surface area contributed by atoms with Gasteiger partial charge < -0.3 is 15.0 Å². The number of carbonyl (C=O) groups is 1. The molecule has 6 nitrogen and oxygen atoms in total. The fourth-order valence-electron chi connectivity index (χ4n) is 2.68. The quantitative estimate of drug-likeness (QED) is 0.484. The van der Waals surface area contributed by atoms with Gasteiger partial charge in [0.2, 0.25) is 11.0 Å². The summed E-state index contributed by atoms with van der Waals surface area (Å²) in [5, 5.41) is 12.3. The van der Waals surface area contributed by atoms with Crippen molar-refractivity contribution in [2.75, 3.05) is 24.7 Å². The minimum atomic E-state index is 0.0195. The van der Waals surface area contributed by atoms with Crippen LogP contribution in [-0.4, -0.2) is 40.4 Å². The number of hydrogen-bond acceptors (Lipinski definition) is 7. The van der Waals surface area contributed by atoms with Crippen LogP contribution in [0.4, 0.5) is 10.8 Å². The lowest BCUT2D eigenvalue weighted by Gasteiger charge is -2.25. The highest BCUT2D eigenvalue weighted by molar-refractivity contribution is 8.01. The summed E-state index contributed by atoms with van der Waals surface area (Å²) >= 11 is 2.81. The maximum Gasteiger partial charge on any atom is 0.233 e. The van der Waals surface area contributed by atoms with Crippen molar-refractivity contribution in [3.8, 4) is 5.75 Å². The number of nitrogens with one attached hydrogen (secondary N) is 1. The number of carbonyl (C=O) groups excluding carboxylic acids is 1. The largest absolute Gasteiger partial charge is 0.492 e. The van der Waals surface area contributed by atoms with Crippen molar-refractivity contribution in [2.24, 2.45) is 0 Å². The Hall–Kier alpha value is -2.58. The molecule has 0 bridgehead atoms. The molecule has 0 aliphatic carbocycles. The van der Waals surface area contributed by atoms with Crippen LogP contribution in [0.5, 0.6) is 5.75 Å². The molecule has 2 aromatic carbocycles. The van der Waals surface area contributed by atoms with E-state index in [2.05, 4.69) is 15.5 Å². The molecule has 0 saturated carbocycles. The summed E-state index contributed by atoms with van der Waals surface area (Å²) in [6.07, 6.45) is 0. The van der Waals surface area contributed by atoms with E-state index in [0.29, 0.717) is 17.5 Å². The minimum Gasteiger partial charge on any atom is -0.492 e. The number of hydrogen-bond donors (Lipinski definition) is 1. The molecule has 0 spiro atoms. The Bertz CT molecular complexity index is 933. The summed E-state index contributed by atoms with van der Waals surface area (Å²) in [6.45, 7) is 4.57. The van der Waals surface area contributed by atoms with Gasteiger partial charge in [0.05, 0.1) is 24.1 Å². The molecule has 1 atom stereocenters. The molecule has 1 heterocycles. The molecule has 0 saturated heterocycles. The first kappa shape index (κ1) is 21.1. The molecule has 3 rings (SSSR count). The van der Waals surface area contributed by atoms with Gasteiger partial charge in [0.1, 0.15) is 5.75 Å². The average molecular weight is 429 g/mol. The van der Waals surface area contributed by atoms with Crippen molar-refractivity contribution < 1.29 is 9.53 Å². The standard InChI is InChI=1S/C21H24N4O2S2/c1-4-27-18-13-9-8-12-17(18)22-20-23-24-21(29-20)28-14-19(26)25(3)15(2)16-10-6-5-7-11-16/h5-13,15H,4,14H2,1-3H3,(H,22,23). The van der Waals surface area contributed by atoms with Crippen LogP contribution in [0, 0.1) is 0 Å². The van der Waals surface area contributed by atoms with Crippen molar-refractivity contribution >= 4 is 39.8 Å². The Morgan fingerprint density at radius 3 is 2.66 bits per heavy atom. The Morgan fingerprint density at radius 1 is 1.17 bits per heavy atom. The number of ether oxygens (including phenoxy) is 1. The first-order chi connectivity index (χ1) is 14.1. The number of nitrogens with zero attached hydrogens (tertiary/aromatic N) is 3. The number of amides is 1. The molecule has 152 valence electrons. The Morgan fingerprint density at radius 2 is 1.90 bits per heavy atom. The van der Waals surface area contributed by atoms with Crippen LogP contribution in [0.2, 0.25) is 0 Å². The van der Waals surface area contributed by atoms with Crippen LogP contribution >= 0.6 is 23.1 Å². The Balaban J connectivity index is 1.56. The van der Waals surface area contributed by atoms with Crippen LogP contribution in [0.1, 0.15) is 25.5 Å². The van der Waals surface area contributed by atoms with Crippen molar-refractivity contribution in [1.82, 2.24) is 15.1 Å². The highest BCUT2D eigenvalue weighted by Gasteiger charge is 2.18. The van der Waals surface area contributed by atoms with E-state index in [1.54, 1.807) is 4.90 Å². The van der Waals surface area contributed by atoms with Gasteiger partial charge in [-0.2, -0.15) is 0 Å². The lowest BCUT2D eigenvalue weighted by atomic mass is 10.1. The van der Waals surface area contributed by atoms with Crippen LogP contribution in [-0.2, 0) is 4.79 Å². The van der Waals surface area contributed by atoms with Crippen molar-refractivity contribution in [3.63, 3.8) is 0 Å². The van der Waals surface area contributed by atoms with E-state index in [9.17, 15) is 4.79 Å². The third-order valence-electron chi connectivity index (χ3n) is 4.41. The molecule has 0 fully saturated rings. The molecular formula is C21H24N4O2S2. The highest BCUT2D eigenvalue weighted by Crippen LogP contribution is 2.32. The second-order valence-corrected chi connectivity index (χ2v) is 8.51. The zero-order valence-electron chi connectivity index (χ0n) is 16.7. The maximum atomic E-state index is 12.6. The van der Waals surface area contributed by atoms with Crippen LogP contribution in [0.3, 0.4) is 0 Å². The molecule has 8 heteroatoms. The van der Waals surface area contributed by atoms with Crippen molar-refractivity contribution in [3.05, 3.63) is 60.2 Å². The summed E-state index contributed by atoms with van der Waals surface area (Å²) in [5.74, 6) is 1.14. The lowest BCUT2D eigenvalue weighted by Crippen LogP contribution is -2.31. The molecule has 1 unspecified atom stereocenters. The lowest BCUT2D eigenvalue weighted by molar-refractivity contribution is -0.128. The number of rotatable bonds is 9. The molecule has 1 aromatic heterocycles. The number of benzene rings is 2. The van der Waals surface area contributed by atoms with E-state index in [0.717, 1.165) is 21.3 Å². The summed E-state index contributed by atoms with van der Waals surface area (Å²) < 4.78 is 6.36. The van der Waals surface area contributed by atoms with Crippen molar-refractivity contribution in [2.45, 2.75) is 24.2 Å². The second-order valence-electron chi connectivity index (χ2n) is 6.31. The Labute approximate surface area is 179 Å². The van der Waals surface area contributed by atoms with Gasteiger partial charge in [0.15, 0.2) is 4.34 Å². The number of thioether (sulfide) groups is 1. The fraction of sp³-hybridized carbons (Fsp3) is 0.286. The van der Waals surface area contributed by atoms with Gasteiger partial charge in [-0.1, -0.05) is 65.6 Å². The maximum absolute atomic E-state index is 12.6. The molecule has 3 aromatic rings. The van der Waals surface area contributed by atoms with Gasteiger partial charge in [-0.25, -0.2) is 0 Å². The van der Waals surface area contributed by atoms with E-state index < -0.39 is 0 Å². The molecule has 0 aliphatic rings. The monoisotopic (exact) mass is 428 g/mol. The van der Waals surface area contributed by atoms with E-state index in [4.69, 9.17) is 4.74 Å². The zero-order valence-corrected chi connectivity index (χ0v) is 18.3. The predicted molar refractivity (Wildman–Crippen MR) is 119 cm³/mol. The summed E-state index contributed by atoms with van der Waals surface area (Å²) in [7, 11) is 1.83. The number of anilines is 2. The van der Waals surface area contributed by atoms with Crippen LogP contribution in [0.15, 0.2) is 58.9 Å². The molecule has 1 amide bonds. The van der Waals surface area contributed by atoms with Gasteiger partial charge in [-0.15, -0.1) is 10.2 Å². The summed E-state index contributed by atoms with van der Waals surface area (Å²) in [4.78, 5) is 14.3. The first-order valence-electron chi connectivity index (χ1n) is 9.34. The van der Waals surface area contributed by atoms with Gasteiger partial charge in [-0.05, 0) is 31.5 Å². The zero-order chi connectivity index (χ0) is 20.6. The third kappa shape index (κ3) is 5.71. The second kappa shape index (κ2) is 10.3. The predicted octanol–water partition coefficient (Wildman–Crippen LogP) is 4.99. The van der Waals surface area contributed by atoms with Gasteiger partial charge in [-0.3, -0.25) is 4.79 Å². The highest BCUT2D eigenvalue weighted by atomic mass is 32.2. The molecule has 0 aliphatic heterocycles. The number of para-hydroxylation sites is 2. The van der Waals surface area contributed by atoms with Crippen LogP contribution in [0.25, 0.3) is 0 Å². The first-order valence-corrected chi connectivity index (χ1v) is 11.1. The smallest absolute Gasteiger partial charge is 0.233 e. The minimum absolute atomic E-state index is 0.0195. The molecule has 0 radical (unpaired) electrons. The average Bonchev–Trinajstić information content (AvgIpc) is 3.20. The van der Waals surface area contributed by atoms with E-state index in [-0.39, 0.29) is 11.9 Å². The SMILES string of the molecule is CCOc1ccccc1Nc1nnc(SCC(=O)N(C)C(C)c2ccccc2)s1. The van der Waals surface area contributed by atoms with E-state index in [1.807, 2.05) is 75.5 Å². The van der Waals surface area contributed by atoms with Gasteiger partial charge in [0, 0.05) is 7.05 Å². The summed E-state index contributed by atoms with van der Waals surface area (Å²) in [6, 6.07) is 17.7. The van der Waals surface area contributed by atoms with Gasteiger partial charge in [0.25, 0.3) is 0 Å². The molecule has 29 heavy (non-hydrogen) atoms. The summed E-state index contributed by atoms with van der Waals surface area (Å²) in [5.41, 5.74) is 1.96. The van der Waals surface area contributed by atoms with Crippen LogP contribution < -0.4 is 10.1 Å². The van der Waals surface area contributed by atoms with E-state index in [1.165, 1.54) is 23.1 Å². The van der Waals surface area contributed by atoms with Crippen molar-refractivity contribution in [1.29, 1.82) is 0 Å². The fourth-order valence-corrected chi connectivity index (χ4v) is 4.37. The molecular weight excluding hydrogens is 404 g/mol. The van der Waals surface area contributed by atoms with E-state index >= 15 is 0 Å². The Kier molecular flexibility index (Phi) is 7.48. The molecule has 1 N–H and O–H groups in total.